The molecule has 0 atom stereocenters. The smallest absolute Gasteiger partial charge is 0.335 e. The van der Waals surface area contributed by atoms with E-state index in [0.29, 0.717) is 17.8 Å². The molecule has 0 aliphatic carbocycles. The molecule has 2 aliphatic heterocycles. The molecule has 0 radical (unpaired) electrons. The topological polar surface area (TPSA) is 75.7 Å². The highest BCUT2D eigenvalue weighted by Gasteiger charge is 2.24. The van der Waals surface area contributed by atoms with Crippen LogP contribution in [0.1, 0.15) is 28.8 Å². The molecule has 0 fully saturated rings. The van der Waals surface area contributed by atoms with Crippen LogP contribution in [0, 0.1) is 0 Å². The average Bonchev–Trinajstić information content (AvgIpc) is 3.06. The van der Waals surface area contributed by atoms with E-state index in [1.807, 2.05) is 29.2 Å². The molecule has 3 aromatic rings. The van der Waals surface area contributed by atoms with E-state index < -0.39 is 0 Å². The van der Waals surface area contributed by atoms with Crippen LogP contribution in [-0.4, -0.2) is 49.6 Å². The van der Waals surface area contributed by atoms with E-state index in [4.69, 9.17) is 0 Å². The summed E-state index contributed by atoms with van der Waals surface area (Å²) in [5.74, 6) is 0.907. The first kappa shape index (κ1) is 17.7. The van der Waals surface area contributed by atoms with E-state index >= 15 is 0 Å². The summed E-state index contributed by atoms with van der Waals surface area (Å²) in [6.45, 7) is 2.24. The first-order chi connectivity index (χ1) is 14.1. The third kappa shape index (κ3) is 3.00. The monoisotopic (exact) mass is 390 g/mol. The summed E-state index contributed by atoms with van der Waals surface area (Å²) >= 11 is 0. The lowest BCUT2D eigenvalue weighted by Crippen LogP contribution is -2.34. The number of nitrogens with zero attached hydrogens (tertiary/aromatic N) is 6. The van der Waals surface area contributed by atoms with Crippen molar-refractivity contribution in [2.45, 2.75) is 19.3 Å². The first-order valence-corrected chi connectivity index (χ1v) is 9.88. The Kier molecular flexibility index (Phi) is 4.19. The molecule has 3 aromatic heterocycles. The number of hydrogen-bond donors (Lipinski definition) is 0. The minimum atomic E-state index is -0.167. The predicted molar refractivity (Wildman–Crippen MR) is 110 cm³/mol. The lowest BCUT2D eigenvalue weighted by atomic mass is 10.0. The number of carbonyl (C=O) groups is 1. The molecule has 0 saturated heterocycles. The van der Waals surface area contributed by atoms with Gasteiger partial charge in [0.1, 0.15) is 5.82 Å². The normalized spacial score (nSPS) is 16.3. The Balaban J connectivity index is 1.49. The summed E-state index contributed by atoms with van der Waals surface area (Å²) in [7, 11) is 1.64. The molecule has 148 valence electrons. The standard InChI is InChI=1S/C21H22N6O2/c1-24-21(29)27-11-7-17(13-18(27)23-24)26-10-5-6-15-12-16(14-22-19(15)26)20(28)25-8-3-2-4-9-25/h2-3,7,11-14H,4-6,8-10H2,1H3. The van der Waals surface area contributed by atoms with Gasteiger partial charge in [-0.15, -0.1) is 0 Å². The van der Waals surface area contributed by atoms with Gasteiger partial charge in [0, 0.05) is 50.8 Å². The number of carbonyl (C=O) groups excluding carboxylic acids is 1. The second-order valence-corrected chi connectivity index (χ2v) is 7.49. The Morgan fingerprint density at radius 1 is 1.17 bits per heavy atom. The number of fused-ring (bicyclic) bond motifs is 2. The van der Waals surface area contributed by atoms with Crippen LogP contribution in [-0.2, 0) is 13.5 Å². The average molecular weight is 390 g/mol. The van der Waals surface area contributed by atoms with Gasteiger partial charge in [0.15, 0.2) is 5.65 Å². The Bertz CT molecular complexity index is 1190. The van der Waals surface area contributed by atoms with Gasteiger partial charge in [-0.2, -0.15) is 5.10 Å². The van der Waals surface area contributed by atoms with Crippen molar-refractivity contribution < 1.29 is 4.79 Å². The van der Waals surface area contributed by atoms with Gasteiger partial charge in [0.05, 0.1) is 5.56 Å². The van der Waals surface area contributed by atoms with Gasteiger partial charge in [-0.3, -0.25) is 9.20 Å². The zero-order valence-corrected chi connectivity index (χ0v) is 16.3. The number of aromatic nitrogens is 4. The molecular formula is C21H22N6O2. The van der Waals surface area contributed by atoms with E-state index in [0.717, 1.165) is 49.4 Å². The van der Waals surface area contributed by atoms with Gasteiger partial charge in [0.2, 0.25) is 0 Å². The SMILES string of the molecule is Cn1nc2cc(N3CCCc4cc(C(=O)N5CC=CCC5)cnc43)ccn2c1=O. The van der Waals surface area contributed by atoms with E-state index in [2.05, 4.69) is 21.1 Å². The van der Waals surface area contributed by atoms with E-state index in [-0.39, 0.29) is 11.6 Å². The summed E-state index contributed by atoms with van der Waals surface area (Å²) in [6.07, 6.45) is 10.3. The fraction of sp³-hybridized carbons (Fsp3) is 0.333. The van der Waals surface area contributed by atoms with Crippen LogP contribution in [0.4, 0.5) is 11.5 Å². The van der Waals surface area contributed by atoms with Crippen molar-refractivity contribution in [3.8, 4) is 0 Å². The van der Waals surface area contributed by atoms with Gasteiger partial charge in [0.25, 0.3) is 5.91 Å². The second-order valence-electron chi connectivity index (χ2n) is 7.49. The Morgan fingerprint density at radius 2 is 2.07 bits per heavy atom. The molecule has 29 heavy (non-hydrogen) atoms. The molecule has 1 amide bonds. The van der Waals surface area contributed by atoms with Crippen LogP contribution in [0.25, 0.3) is 5.65 Å². The van der Waals surface area contributed by atoms with Crippen molar-refractivity contribution in [3.05, 3.63) is 64.4 Å². The lowest BCUT2D eigenvalue weighted by Gasteiger charge is -2.30. The summed E-state index contributed by atoms with van der Waals surface area (Å²) in [6, 6.07) is 5.79. The van der Waals surface area contributed by atoms with Gasteiger partial charge in [-0.05, 0) is 37.0 Å². The van der Waals surface area contributed by atoms with Crippen LogP contribution in [0.3, 0.4) is 0 Å². The quantitative estimate of drug-likeness (QED) is 0.625. The van der Waals surface area contributed by atoms with Gasteiger partial charge in [-0.1, -0.05) is 12.2 Å². The van der Waals surface area contributed by atoms with Crippen molar-refractivity contribution in [1.82, 2.24) is 24.1 Å². The van der Waals surface area contributed by atoms with Crippen molar-refractivity contribution in [1.29, 1.82) is 0 Å². The van der Waals surface area contributed by atoms with Crippen molar-refractivity contribution in [2.75, 3.05) is 24.5 Å². The molecule has 0 bridgehead atoms. The highest BCUT2D eigenvalue weighted by atomic mass is 16.2. The van der Waals surface area contributed by atoms with Crippen LogP contribution in [0.15, 0.2) is 47.5 Å². The predicted octanol–water partition coefficient (Wildman–Crippen LogP) is 1.91. The fourth-order valence-corrected chi connectivity index (χ4v) is 4.08. The van der Waals surface area contributed by atoms with Crippen LogP contribution >= 0.6 is 0 Å². The van der Waals surface area contributed by atoms with E-state index in [1.54, 1.807) is 19.4 Å². The maximum atomic E-state index is 12.8. The molecular weight excluding hydrogens is 368 g/mol. The lowest BCUT2D eigenvalue weighted by molar-refractivity contribution is 0.0770. The summed E-state index contributed by atoms with van der Waals surface area (Å²) in [5, 5.41) is 4.28. The van der Waals surface area contributed by atoms with Crippen molar-refractivity contribution >= 4 is 23.1 Å². The van der Waals surface area contributed by atoms with Gasteiger partial charge < -0.3 is 9.80 Å². The summed E-state index contributed by atoms with van der Waals surface area (Å²) in [5.41, 5.74) is 3.10. The Hall–Kier alpha value is -3.42. The minimum Gasteiger partial charge on any atom is -0.335 e. The number of rotatable bonds is 2. The van der Waals surface area contributed by atoms with Gasteiger partial charge in [-0.25, -0.2) is 14.5 Å². The minimum absolute atomic E-state index is 0.0380. The van der Waals surface area contributed by atoms with Crippen molar-refractivity contribution in [2.24, 2.45) is 7.05 Å². The molecule has 8 nitrogen and oxygen atoms in total. The maximum Gasteiger partial charge on any atom is 0.350 e. The van der Waals surface area contributed by atoms with Crippen LogP contribution in [0.5, 0.6) is 0 Å². The highest BCUT2D eigenvalue weighted by molar-refractivity contribution is 5.94. The van der Waals surface area contributed by atoms with Crippen molar-refractivity contribution in [3.63, 3.8) is 0 Å². The number of aryl methyl sites for hydroxylation is 2. The molecule has 0 unspecified atom stereocenters. The highest BCUT2D eigenvalue weighted by Crippen LogP contribution is 2.32. The number of hydrogen-bond acceptors (Lipinski definition) is 5. The summed E-state index contributed by atoms with van der Waals surface area (Å²) in [4.78, 5) is 33.5. The molecule has 0 saturated carbocycles. The molecule has 8 heteroatoms. The number of pyridine rings is 2. The third-order valence-electron chi connectivity index (χ3n) is 5.58. The molecule has 5 heterocycles. The van der Waals surface area contributed by atoms with E-state index in [9.17, 15) is 9.59 Å². The Labute approximate surface area is 167 Å². The first-order valence-electron chi connectivity index (χ1n) is 9.88. The zero-order valence-electron chi connectivity index (χ0n) is 16.3. The Morgan fingerprint density at radius 3 is 2.90 bits per heavy atom. The van der Waals surface area contributed by atoms with Gasteiger partial charge >= 0.3 is 5.69 Å². The molecule has 0 aromatic carbocycles. The van der Waals surface area contributed by atoms with Crippen LogP contribution in [0.2, 0.25) is 0 Å². The van der Waals surface area contributed by atoms with Crippen LogP contribution < -0.4 is 10.6 Å². The molecule has 0 spiro atoms. The summed E-state index contributed by atoms with van der Waals surface area (Å²) < 4.78 is 2.85. The molecule has 5 rings (SSSR count). The zero-order chi connectivity index (χ0) is 20.0. The molecule has 2 aliphatic rings. The largest absolute Gasteiger partial charge is 0.350 e. The third-order valence-corrected chi connectivity index (χ3v) is 5.58. The molecule has 0 N–H and O–H groups in total. The fourth-order valence-electron chi connectivity index (χ4n) is 4.08. The number of amides is 1. The number of anilines is 2. The second kappa shape index (κ2) is 6.88. The van der Waals surface area contributed by atoms with E-state index in [1.165, 1.54) is 9.08 Å². The maximum absolute atomic E-state index is 12.8.